The van der Waals surface area contributed by atoms with E-state index in [2.05, 4.69) is 10.3 Å². The van der Waals surface area contributed by atoms with E-state index >= 15 is 0 Å². The maximum absolute atomic E-state index is 12.5. The molecule has 1 aromatic heterocycles. The van der Waals surface area contributed by atoms with Crippen LogP contribution in [0.25, 0.3) is 0 Å². The van der Waals surface area contributed by atoms with E-state index in [1.807, 2.05) is 36.1 Å². The minimum absolute atomic E-state index is 0.00379. The summed E-state index contributed by atoms with van der Waals surface area (Å²) in [5.74, 6) is 0.146. The lowest BCUT2D eigenvalue weighted by molar-refractivity contribution is -0.135. The number of thiazole rings is 1. The van der Waals surface area contributed by atoms with Crippen molar-refractivity contribution in [1.82, 2.24) is 20.1 Å². The number of aryl methyl sites for hydroxylation is 1. The third-order valence-electron chi connectivity index (χ3n) is 4.45. The molecule has 1 aromatic rings. The number of nitrogen functional groups attached to an aromatic ring is 1. The highest BCUT2D eigenvalue weighted by molar-refractivity contribution is 7.13. The Labute approximate surface area is 147 Å². The van der Waals surface area contributed by atoms with Crippen LogP contribution < -0.4 is 11.1 Å². The van der Waals surface area contributed by atoms with Gasteiger partial charge in [0.2, 0.25) is 11.8 Å². The van der Waals surface area contributed by atoms with Crippen molar-refractivity contribution < 1.29 is 9.59 Å². The van der Waals surface area contributed by atoms with E-state index in [-0.39, 0.29) is 23.9 Å². The highest BCUT2D eigenvalue weighted by Crippen LogP contribution is 2.19. The zero-order valence-corrected chi connectivity index (χ0v) is 15.4. The van der Waals surface area contributed by atoms with E-state index in [1.165, 1.54) is 11.3 Å². The molecule has 7 nitrogen and oxygen atoms in total. The predicted molar refractivity (Wildman–Crippen MR) is 95.7 cm³/mol. The van der Waals surface area contributed by atoms with Crippen molar-refractivity contribution >= 4 is 28.3 Å². The van der Waals surface area contributed by atoms with Gasteiger partial charge < -0.3 is 16.0 Å². The van der Waals surface area contributed by atoms with Crippen molar-refractivity contribution in [1.29, 1.82) is 0 Å². The lowest BCUT2D eigenvalue weighted by atomic mass is 10.1. The molecule has 0 radical (unpaired) electrons. The molecule has 0 bridgehead atoms. The van der Waals surface area contributed by atoms with Gasteiger partial charge in [-0.25, -0.2) is 4.98 Å². The molecule has 1 saturated heterocycles. The van der Waals surface area contributed by atoms with Crippen molar-refractivity contribution in [2.75, 3.05) is 32.4 Å². The van der Waals surface area contributed by atoms with Gasteiger partial charge >= 0.3 is 0 Å². The zero-order chi connectivity index (χ0) is 17.7. The Morgan fingerprint density at radius 3 is 2.75 bits per heavy atom. The van der Waals surface area contributed by atoms with Gasteiger partial charge in [0, 0.05) is 37.5 Å². The highest BCUT2D eigenvalue weighted by atomic mass is 32.1. The number of hydrogen-bond donors (Lipinski definition) is 2. The maximum Gasteiger partial charge on any atom is 0.239 e. The number of amides is 2. The minimum Gasteiger partial charge on any atom is -0.375 e. The van der Waals surface area contributed by atoms with Crippen LogP contribution in [0.3, 0.4) is 0 Å². The summed E-state index contributed by atoms with van der Waals surface area (Å²) < 4.78 is 0. The maximum atomic E-state index is 12.5. The molecule has 1 aliphatic rings. The molecule has 0 aliphatic carbocycles. The molecule has 3 N–H and O–H groups in total. The Morgan fingerprint density at radius 1 is 1.46 bits per heavy atom. The SMILES string of the molecule is CCN(CC)C(=O)[C@@H]1C[C@H](NC(=O)CCc2csc(N)n2)CN1C. The van der Waals surface area contributed by atoms with Gasteiger partial charge in [0.1, 0.15) is 0 Å². The first-order valence-corrected chi connectivity index (χ1v) is 9.30. The highest BCUT2D eigenvalue weighted by Gasteiger charge is 2.36. The molecule has 2 rings (SSSR count). The molecule has 0 aromatic carbocycles. The van der Waals surface area contributed by atoms with Gasteiger partial charge in [-0.1, -0.05) is 0 Å². The number of nitrogens with one attached hydrogen (secondary N) is 1. The number of rotatable bonds is 7. The summed E-state index contributed by atoms with van der Waals surface area (Å²) in [6.45, 7) is 6.11. The Kier molecular flexibility index (Phi) is 6.56. The summed E-state index contributed by atoms with van der Waals surface area (Å²) in [6.07, 6.45) is 1.64. The van der Waals surface area contributed by atoms with E-state index in [4.69, 9.17) is 5.73 Å². The van der Waals surface area contributed by atoms with E-state index in [1.54, 1.807) is 0 Å². The van der Waals surface area contributed by atoms with Crippen molar-refractivity contribution in [3.63, 3.8) is 0 Å². The fourth-order valence-corrected chi connectivity index (χ4v) is 3.71. The standard InChI is InChI=1S/C16H27N5O2S/c1-4-21(5-2)15(23)13-8-12(9-20(13)3)18-14(22)7-6-11-10-24-16(17)19-11/h10,12-13H,4-9H2,1-3H3,(H2,17,19)(H,18,22)/t12-,13-/m0/s1. The largest absolute Gasteiger partial charge is 0.375 e. The van der Waals surface area contributed by atoms with Crippen molar-refractivity contribution in [2.45, 2.75) is 45.2 Å². The third-order valence-corrected chi connectivity index (χ3v) is 5.17. The topological polar surface area (TPSA) is 91.6 Å². The fourth-order valence-electron chi connectivity index (χ4n) is 3.12. The molecular formula is C16H27N5O2S. The van der Waals surface area contributed by atoms with Gasteiger partial charge in [0.15, 0.2) is 5.13 Å². The second-order valence-corrected chi connectivity index (χ2v) is 7.03. The normalized spacial score (nSPS) is 21.0. The molecule has 24 heavy (non-hydrogen) atoms. The van der Waals surface area contributed by atoms with Gasteiger partial charge in [-0.2, -0.15) is 0 Å². The number of hydrogen-bond acceptors (Lipinski definition) is 6. The van der Waals surface area contributed by atoms with Crippen molar-refractivity contribution in [2.24, 2.45) is 0 Å². The second-order valence-electron chi connectivity index (χ2n) is 6.14. The van der Waals surface area contributed by atoms with Crippen LogP contribution in [-0.2, 0) is 16.0 Å². The number of likely N-dealkylation sites (N-methyl/N-ethyl adjacent to an activating group) is 2. The number of carbonyl (C=O) groups excluding carboxylic acids is 2. The van der Waals surface area contributed by atoms with E-state index in [9.17, 15) is 9.59 Å². The average Bonchev–Trinajstić information content (AvgIpc) is 3.12. The van der Waals surface area contributed by atoms with Crippen molar-refractivity contribution in [3.8, 4) is 0 Å². The van der Waals surface area contributed by atoms with Gasteiger partial charge in [-0.3, -0.25) is 14.5 Å². The first-order valence-electron chi connectivity index (χ1n) is 8.42. The van der Waals surface area contributed by atoms with Crippen LogP contribution in [0.15, 0.2) is 5.38 Å². The van der Waals surface area contributed by atoms with Crippen LogP contribution in [0.1, 0.15) is 32.4 Å². The fraction of sp³-hybridized carbons (Fsp3) is 0.688. The quantitative estimate of drug-likeness (QED) is 0.753. The number of nitrogens with zero attached hydrogens (tertiary/aromatic N) is 3. The van der Waals surface area contributed by atoms with Crippen LogP contribution >= 0.6 is 11.3 Å². The second kappa shape index (κ2) is 8.43. The molecule has 2 heterocycles. The summed E-state index contributed by atoms with van der Waals surface area (Å²) >= 11 is 1.39. The van der Waals surface area contributed by atoms with Crippen LogP contribution in [0.5, 0.6) is 0 Å². The number of carbonyl (C=O) groups is 2. The number of anilines is 1. The summed E-state index contributed by atoms with van der Waals surface area (Å²) in [7, 11) is 1.94. The van der Waals surface area contributed by atoms with Crippen LogP contribution in [0.2, 0.25) is 0 Å². The molecule has 2 atom stereocenters. The number of likely N-dealkylation sites (tertiary alicyclic amines) is 1. The van der Waals surface area contributed by atoms with Crippen molar-refractivity contribution in [3.05, 3.63) is 11.1 Å². The Bertz CT molecular complexity index is 573. The summed E-state index contributed by atoms with van der Waals surface area (Å²) in [4.78, 5) is 32.7. The van der Waals surface area contributed by atoms with Gasteiger partial charge in [0.05, 0.1) is 11.7 Å². The molecule has 0 spiro atoms. The Morgan fingerprint density at radius 2 is 2.17 bits per heavy atom. The molecule has 2 amide bonds. The summed E-state index contributed by atoms with van der Waals surface area (Å²) in [5, 5.41) is 5.45. The third kappa shape index (κ3) is 4.67. The van der Waals surface area contributed by atoms with E-state index in [0.717, 1.165) is 5.69 Å². The molecule has 1 aliphatic heterocycles. The minimum atomic E-state index is -0.145. The monoisotopic (exact) mass is 353 g/mol. The van der Waals surface area contributed by atoms with E-state index in [0.29, 0.717) is 44.0 Å². The number of aromatic nitrogens is 1. The average molecular weight is 353 g/mol. The molecule has 0 unspecified atom stereocenters. The summed E-state index contributed by atoms with van der Waals surface area (Å²) in [6, 6.07) is -0.124. The predicted octanol–water partition coefficient (Wildman–Crippen LogP) is 0.715. The lowest BCUT2D eigenvalue weighted by Gasteiger charge is -2.26. The molecule has 8 heteroatoms. The molecular weight excluding hydrogens is 326 g/mol. The summed E-state index contributed by atoms with van der Waals surface area (Å²) in [5.41, 5.74) is 6.44. The lowest BCUT2D eigenvalue weighted by Crippen LogP contribution is -2.44. The van der Waals surface area contributed by atoms with Crippen LogP contribution in [0.4, 0.5) is 5.13 Å². The van der Waals surface area contributed by atoms with Gasteiger partial charge in [-0.05, 0) is 33.7 Å². The first-order chi connectivity index (χ1) is 11.4. The Hall–Kier alpha value is -1.67. The van der Waals surface area contributed by atoms with E-state index < -0.39 is 0 Å². The Balaban J connectivity index is 1.81. The zero-order valence-electron chi connectivity index (χ0n) is 14.6. The smallest absolute Gasteiger partial charge is 0.239 e. The van der Waals surface area contributed by atoms with Gasteiger partial charge in [0.25, 0.3) is 0 Å². The van der Waals surface area contributed by atoms with Crippen LogP contribution in [-0.4, -0.2) is 65.4 Å². The van der Waals surface area contributed by atoms with Crippen LogP contribution in [0, 0.1) is 0 Å². The molecule has 0 saturated carbocycles. The molecule has 1 fully saturated rings. The first kappa shape index (κ1) is 18.7. The van der Waals surface area contributed by atoms with Gasteiger partial charge in [-0.15, -0.1) is 11.3 Å². The molecule has 134 valence electrons. The number of nitrogens with two attached hydrogens (primary N) is 1.